The Balaban J connectivity index is 1.31. The molecule has 2 aromatic rings. The number of hydrogen-bond acceptors (Lipinski definition) is 6. The fourth-order valence-corrected chi connectivity index (χ4v) is 7.16. The number of methoxy groups -OCH3 is 1. The first kappa shape index (κ1) is 24.2. The molecule has 3 fully saturated rings. The van der Waals surface area contributed by atoms with Gasteiger partial charge in [0.2, 0.25) is 17.7 Å². The Morgan fingerprint density at radius 1 is 1.16 bits per heavy atom. The van der Waals surface area contributed by atoms with Crippen molar-refractivity contribution in [3.8, 4) is 5.75 Å². The summed E-state index contributed by atoms with van der Waals surface area (Å²) in [6.07, 6.45) is 8.39. The van der Waals surface area contributed by atoms with Gasteiger partial charge >= 0.3 is 0 Å². The highest BCUT2D eigenvalue weighted by Crippen LogP contribution is 2.55. The number of nitrogens with one attached hydrogen (secondary N) is 2. The molecule has 6 rings (SSSR count). The minimum atomic E-state index is -1.16. The smallest absolute Gasteiger partial charge is 0.246 e. The topological polar surface area (TPSA) is 97.0 Å². The van der Waals surface area contributed by atoms with E-state index in [2.05, 4.69) is 10.6 Å². The van der Waals surface area contributed by atoms with E-state index in [9.17, 15) is 14.4 Å². The number of hydrogen-bond donors (Lipinski definition) is 2. The number of ether oxygens (including phenoxy) is 2. The maximum atomic E-state index is 14.0. The van der Waals surface area contributed by atoms with Gasteiger partial charge in [-0.15, -0.1) is 11.3 Å². The van der Waals surface area contributed by atoms with Crippen LogP contribution in [0.25, 0.3) is 0 Å². The average molecular weight is 522 g/mol. The Morgan fingerprint density at radius 2 is 2.00 bits per heavy atom. The Hall–Kier alpha value is -3.17. The first-order valence-corrected chi connectivity index (χ1v) is 13.8. The number of anilines is 1. The number of nitrogens with zero attached hydrogens (tertiary/aromatic N) is 1. The first-order chi connectivity index (χ1) is 18.0. The molecule has 1 aromatic carbocycles. The summed E-state index contributed by atoms with van der Waals surface area (Å²) in [5, 5.41) is 8.12. The quantitative estimate of drug-likeness (QED) is 0.544. The maximum absolute atomic E-state index is 14.0. The number of thiophene rings is 1. The van der Waals surface area contributed by atoms with Crippen LogP contribution in [-0.4, -0.2) is 53.5 Å². The van der Waals surface area contributed by atoms with Crippen LogP contribution < -0.4 is 15.4 Å². The molecule has 4 heterocycles. The van der Waals surface area contributed by atoms with Gasteiger partial charge in [-0.25, -0.2) is 0 Å². The van der Waals surface area contributed by atoms with Gasteiger partial charge in [-0.2, -0.15) is 0 Å². The van der Waals surface area contributed by atoms with E-state index in [0.29, 0.717) is 18.0 Å². The fraction of sp³-hybridized carbons (Fsp3) is 0.464. The summed E-state index contributed by atoms with van der Waals surface area (Å²) in [5.74, 6) is -1.59. The van der Waals surface area contributed by atoms with Gasteiger partial charge in [0.25, 0.3) is 0 Å². The second-order valence-electron chi connectivity index (χ2n) is 10.3. The molecule has 2 bridgehead atoms. The van der Waals surface area contributed by atoms with Crippen LogP contribution in [0, 0.1) is 11.8 Å². The Bertz CT molecular complexity index is 1220. The zero-order valence-electron chi connectivity index (χ0n) is 20.7. The highest BCUT2D eigenvalue weighted by molar-refractivity contribution is 7.09. The standard InChI is InChI=1S/C28H31N3O5S/c1-35-19-10-5-9-18(15-19)30-25(32)22-21-12-13-28(36-21)23(22)27(34)31(16-20-11-6-14-37-20)24(28)26(33)29-17-7-3-2-4-8-17/h5-6,9-15,17,21-24H,2-4,7-8,16H2,1H3,(H,29,33)(H,30,32)/t21-,22-,23-,24+,28-/m1/s1. The lowest BCUT2D eigenvalue weighted by molar-refractivity contribution is -0.142. The Kier molecular flexibility index (Phi) is 6.28. The van der Waals surface area contributed by atoms with E-state index in [0.717, 1.165) is 30.6 Å². The predicted molar refractivity (Wildman–Crippen MR) is 139 cm³/mol. The monoisotopic (exact) mass is 521 g/mol. The van der Waals surface area contributed by atoms with Crippen LogP contribution in [0.3, 0.4) is 0 Å². The van der Waals surface area contributed by atoms with E-state index in [-0.39, 0.29) is 23.8 Å². The highest BCUT2D eigenvalue weighted by Gasteiger charge is 2.72. The molecule has 0 radical (unpaired) electrons. The summed E-state index contributed by atoms with van der Waals surface area (Å²) < 4.78 is 11.7. The van der Waals surface area contributed by atoms with Gasteiger partial charge in [0.15, 0.2) is 0 Å². The van der Waals surface area contributed by atoms with Crippen molar-refractivity contribution < 1.29 is 23.9 Å². The number of fused-ring (bicyclic) bond motifs is 1. The van der Waals surface area contributed by atoms with Crippen LogP contribution in [0.5, 0.6) is 5.75 Å². The largest absolute Gasteiger partial charge is 0.497 e. The molecule has 9 heteroatoms. The molecule has 2 N–H and O–H groups in total. The molecule has 1 aromatic heterocycles. The lowest BCUT2D eigenvalue weighted by atomic mass is 9.74. The summed E-state index contributed by atoms with van der Waals surface area (Å²) >= 11 is 1.54. The number of carbonyl (C=O) groups is 3. The van der Waals surface area contributed by atoms with Crippen molar-refractivity contribution in [1.82, 2.24) is 10.2 Å². The molecule has 3 aliphatic heterocycles. The molecule has 2 saturated heterocycles. The third kappa shape index (κ3) is 4.14. The van der Waals surface area contributed by atoms with Gasteiger partial charge < -0.3 is 25.0 Å². The zero-order chi connectivity index (χ0) is 25.6. The van der Waals surface area contributed by atoms with Crippen LogP contribution in [0.2, 0.25) is 0 Å². The third-order valence-electron chi connectivity index (χ3n) is 8.12. The lowest BCUT2D eigenvalue weighted by Gasteiger charge is -2.34. The van der Waals surface area contributed by atoms with Crippen LogP contribution in [0.15, 0.2) is 53.9 Å². The minimum Gasteiger partial charge on any atom is -0.497 e. The summed E-state index contributed by atoms with van der Waals surface area (Å²) in [5.41, 5.74) is -0.577. The molecule has 8 nitrogen and oxygen atoms in total. The van der Waals surface area contributed by atoms with Crippen LogP contribution in [-0.2, 0) is 25.7 Å². The second kappa shape index (κ2) is 9.61. The van der Waals surface area contributed by atoms with Crippen molar-refractivity contribution in [3.63, 3.8) is 0 Å². The summed E-state index contributed by atoms with van der Waals surface area (Å²) in [6.45, 7) is 0.309. The van der Waals surface area contributed by atoms with Crippen molar-refractivity contribution in [3.05, 3.63) is 58.8 Å². The third-order valence-corrected chi connectivity index (χ3v) is 8.98. The van der Waals surface area contributed by atoms with E-state index < -0.39 is 29.6 Å². The van der Waals surface area contributed by atoms with Gasteiger partial charge in [0.05, 0.1) is 31.6 Å². The van der Waals surface area contributed by atoms with Gasteiger partial charge in [-0.3, -0.25) is 14.4 Å². The highest BCUT2D eigenvalue weighted by atomic mass is 32.1. The molecule has 5 atom stereocenters. The molecule has 1 aliphatic carbocycles. The molecule has 4 aliphatic rings. The number of benzene rings is 1. The van der Waals surface area contributed by atoms with E-state index >= 15 is 0 Å². The lowest BCUT2D eigenvalue weighted by Crippen LogP contribution is -2.56. The van der Waals surface area contributed by atoms with Crippen LogP contribution in [0.4, 0.5) is 5.69 Å². The Morgan fingerprint density at radius 3 is 2.76 bits per heavy atom. The van der Waals surface area contributed by atoms with Gasteiger partial charge in [-0.1, -0.05) is 43.5 Å². The van der Waals surface area contributed by atoms with E-state index in [4.69, 9.17) is 9.47 Å². The maximum Gasteiger partial charge on any atom is 0.246 e. The molecule has 0 unspecified atom stereocenters. The van der Waals surface area contributed by atoms with E-state index in [1.54, 1.807) is 47.6 Å². The second-order valence-corrected chi connectivity index (χ2v) is 11.3. The number of likely N-dealkylation sites (tertiary alicyclic amines) is 1. The zero-order valence-corrected chi connectivity index (χ0v) is 21.5. The molecule has 194 valence electrons. The van der Waals surface area contributed by atoms with Gasteiger partial charge in [-0.05, 0) is 36.4 Å². The van der Waals surface area contributed by atoms with Crippen molar-refractivity contribution in [2.45, 2.75) is 62.4 Å². The average Bonchev–Trinajstić information content (AvgIpc) is 3.68. The van der Waals surface area contributed by atoms with Crippen LogP contribution >= 0.6 is 11.3 Å². The van der Waals surface area contributed by atoms with Crippen molar-refractivity contribution >= 4 is 34.7 Å². The van der Waals surface area contributed by atoms with Crippen molar-refractivity contribution in [2.75, 3.05) is 12.4 Å². The fourth-order valence-electron chi connectivity index (χ4n) is 6.46. The first-order valence-electron chi connectivity index (χ1n) is 13.0. The number of amides is 3. The minimum absolute atomic E-state index is 0.102. The molecule has 1 saturated carbocycles. The summed E-state index contributed by atoms with van der Waals surface area (Å²) in [6, 6.07) is 10.3. The Labute approximate surface area is 220 Å². The SMILES string of the molecule is COc1cccc(NC(=O)[C@@H]2[C@H]3C=C[C@]4(O3)[C@H](C(=O)NC3CCCCC3)N(Cc3cccs3)C(=O)[C@@H]24)c1. The number of carbonyl (C=O) groups excluding carboxylic acids is 3. The molecule has 1 spiro atoms. The molecular formula is C28H31N3O5S. The van der Waals surface area contributed by atoms with Gasteiger partial charge in [0, 0.05) is 22.7 Å². The van der Waals surface area contributed by atoms with E-state index in [1.807, 2.05) is 29.7 Å². The summed E-state index contributed by atoms with van der Waals surface area (Å²) in [4.78, 5) is 44.0. The van der Waals surface area contributed by atoms with Crippen molar-refractivity contribution in [1.29, 1.82) is 0 Å². The van der Waals surface area contributed by atoms with Crippen molar-refractivity contribution in [2.24, 2.45) is 11.8 Å². The summed E-state index contributed by atoms with van der Waals surface area (Å²) in [7, 11) is 1.57. The number of rotatable bonds is 7. The van der Waals surface area contributed by atoms with Gasteiger partial charge in [0.1, 0.15) is 17.4 Å². The molecule has 37 heavy (non-hydrogen) atoms. The molecular weight excluding hydrogens is 490 g/mol. The molecule has 3 amide bonds. The van der Waals surface area contributed by atoms with E-state index in [1.165, 1.54) is 6.42 Å². The van der Waals surface area contributed by atoms with Crippen LogP contribution in [0.1, 0.15) is 37.0 Å². The predicted octanol–water partition coefficient (Wildman–Crippen LogP) is 3.49. The normalized spacial score (nSPS) is 30.4.